The fourth-order valence-corrected chi connectivity index (χ4v) is 4.87. The van der Waals surface area contributed by atoms with Gasteiger partial charge >= 0.3 is 0 Å². The Morgan fingerprint density at radius 3 is 2.14 bits per heavy atom. The molecule has 1 aromatic carbocycles. The minimum Gasteiger partial charge on any atom is -0.301 e. The summed E-state index contributed by atoms with van der Waals surface area (Å²) in [7, 11) is 0. The Labute approximate surface area is 141 Å². The lowest BCUT2D eigenvalue weighted by Crippen LogP contribution is -2.42. The van der Waals surface area contributed by atoms with E-state index in [0.717, 1.165) is 16.4 Å². The van der Waals surface area contributed by atoms with Crippen molar-refractivity contribution < 1.29 is 0 Å². The molecule has 0 aromatic heterocycles. The molecule has 0 aliphatic carbocycles. The van der Waals surface area contributed by atoms with Crippen LogP contribution < -0.4 is 0 Å². The van der Waals surface area contributed by atoms with Gasteiger partial charge in [0.15, 0.2) is 0 Å². The maximum Gasteiger partial charge on any atom is 0.0149 e. The fraction of sp³-hybridized carbons (Fsp3) is 0.700. The largest absolute Gasteiger partial charge is 0.301 e. The smallest absolute Gasteiger partial charge is 0.0149 e. The predicted octanol–water partition coefficient (Wildman–Crippen LogP) is 4.99. The summed E-state index contributed by atoms with van der Waals surface area (Å²) in [5.41, 5.74) is 3.16. The molecule has 2 heteroatoms. The van der Waals surface area contributed by atoms with Crippen molar-refractivity contribution in [2.75, 3.05) is 19.6 Å². The summed E-state index contributed by atoms with van der Waals surface area (Å²) in [4.78, 5) is 2.67. The number of hydrogen-bond acceptors (Lipinski definition) is 2. The Kier molecular flexibility index (Phi) is 6.01. The van der Waals surface area contributed by atoms with Crippen LogP contribution in [0.1, 0.15) is 52.7 Å². The molecule has 1 heterocycles. The number of hydrogen-bond donors (Lipinski definition) is 0. The van der Waals surface area contributed by atoms with Crippen molar-refractivity contribution in [2.24, 2.45) is 5.92 Å². The molecular weight excluding hydrogens is 286 g/mol. The van der Waals surface area contributed by atoms with Crippen molar-refractivity contribution in [3.8, 4) is 0 Å². The third-order valence-corrected chi connectivity index (χ3v) is 5.70. The van der Waals surface area contributed by atoms with Crippen LogP contribution in [0.2, 0.25) is 0 Å². The first kappa shape index (κ1) is 17.9. The van der Waals surface area contributed by atoms with Crippen molar-refractivity contribution in [1.29, 1.82) is 0 Å². The number of rotatable bonds is 4. The Hall–Kier alpha value is -0.470. The topological polar surface area (TPSA) is 3.24 Å². The average molecular weight is 320 g/mol. The monoisotopic (exact) mass is 319 g/mol. The maximum absolute atomic E-state index is 2.67. The molecule has 2 rings (SSSR count). The zero-order valence-corrected chi connectivity index (χ0v) is 16.0. The Morgan fingerprint density at radius 2 is 1.64 bits per heavy atom. The first-order chi connectivity index (χ1) is 10.2. The molecule has 0 N–H and O–H groups in total. The molecule has 0 bridgehead atoms. The molecule has 3 unspecified atom stereocenters. The summed E-state index contributed by atoms with van der Waals surface area (Å²) in [5, 5.41) is 1.56. The molecule has 1 aromatic rings. The first-order valence-corrected chi connectivity index (χ1v) is 9.65. The van der Waals surface area contributed by atoms with Gasteiger partial charge in [0.25, 0.3) is 0 Å². The Balaban J connectivity index is 1.87. The predicted molar refractivity (Wildman–Crippen MR) is 101 cm³/mol. The van der Waals surface area contributed by atoms with Gasteiger partial charge in [0.1, 0.15) is 0 Å². The zero-order valence-electron chi connectivity index (χ0n) is 15.2. The molecule has 22 heavy (non-hydrogen) atoms. The van der Waals surface area contributed by atoms with Crippen LogP contribution in [-0.4, -0.2) is 35.0 Å². The summed E-state index contributed by atoms with van der Waals surface area (Å²) in [6.07, 6.45) is 1.19. The van der Waals surface area contributed by atoms with E-state index in [1.165, 1.54) is 37.2 Å². The third-order valence-electron chi connectivity index (χ3n) is 4.47. The number of benzene rings is 1. The highest BCUT2D eigenvalue weighted by Crippen LogP contribution is 2.26. The van der Waals surface area contributed by atoms with Crippen molar-refractivity contribution in [3.05, 3.63) is 35.4 Å². The summed E-state index contributed by atoms with van der Waals surface area (Å²) in [6.45, 7) is 17.7. The minimum absolute atomic E-state index is 0.252. The minimum atomic E-state index is 0.252. The van der Waals surface area contributed by atoms with Gasteiger partial charge in [-0.15, -0.1) is 0 Å². The molecule has 1 nitrogen and oxygen atoms in total. The molecule has 1 aliphatic rings. The Bertz CT molecular complexity index is 450. The van der Waals surface area contributed by atoms with Crippen LogP contribution in [0, 0.1) is 5.92 Å². The molecule has 1 aliphatic heterocycles. The molecule has 124 valence electrons. The first-order valence-electron chi connectivity index (χ1n) is 8.71. The van der Waals surface area contributed by atoms with E-state index in [4.69, 9.17) is 0 Å². The van der Waals surface area contributed by atoms with E-state index in [-0.39, 0.29) is 5.41 Å². The van der Waals surface area contributed by atoms with Crippen molar-refractivity contribution in [1.82, 2.24) is 4.90 Å². The lowest BCUT2D eigenvalue weighted by molar-refractivity contribution is 0.234. The second kappa shape index (κ2) is 7.40. The van der Waals surface area contributed by atoms with Crippen LogP contribution in [0.3, 0.4) is 0 Å². The van der Waals surface area contributed by atoms with Crippen LogP contribution in [0.25, 0.3) is 0 Å². The molecule has 0 amide bonds. The second-order valence-corrected chi connectivity index (χ2v) is 10.1. The second-order valence-electron chi connectivity index (χ2n) is 8.23. The quantitative estimate of drug-likeness (QED) is 0.769. The van der Waals surface area contributed by atoms with Gasteiger partial charge in [0.2, 0.25) is 0 Å². The normalized spacial score (nSPS) is 25.2. The summed E-state index contributed by atoms with van der Waals surface area (Å²) >= 11 is 2.14. The van der Waals surface area contributed by atoms with Crippen molar-refractivity contribution >= 4 is 11.8 Å². The number of thioether (sulfide) groups is 1. The summed E-state index contributed by atoms with van der Waals surface area (Å²) < 4.78 is 0. The Morgan fingerprint density at radius 1 is 1.09 bits per heavy atom. The van der Waals surface area contributed by atoms with E-state index in [1.54, 1.807) is 0 Å². The highest BCUT2D eigenvalue weighted by Gasteiger charge is 2.23. The summed E-state index contributed by atoms with van der Waals surface area (Å²) in [5.74, 6) is 0.725. The van der Waals surface area contributed by atoms with E-state index in [1.807, 2.05) is 0 Å². The highest BCUT2D eigenvalue weighted by atomic mass is 32.2. The van der Waals surface area contributed by atoms with E-state index in [2.05, 4.69) is 82.5 Å². The van der Waals surface area contributed by atoms with Gasteiger partial charge in [0.05, 0.1) is 0 Å². The van der Waals surface area contributed by atoms with Gasteiger partial charge in [-0.2, -0.15) is 11.8 Å². The lowest BCUT2D eigenvalue weighted by atomic mass is 9.86. The van der Waals surface area contributed by atoms with Gasteiger partial charge in [-0.25, -0.2) is 0 Å². The van der Waals surface area contributed by atoms with Gasteiger partial charge in [0, 0.05) is 30.1 Å². The highest BCUT2D eigenvalue weighted by molar-refractivity contribution is 8.00. The molecular formula is C20H33NS. The fourth-order valence-electron chi connectivity index (χ4n) is 3.48. The van der Waals surface area contributed by atoms with Crippen molar-refractivity contribution in [2.45, 2.75) is 63.9 Å². The van der Waals surface area contributed by atoms with Gasteiger partial charge in [-0.3, -0.25) is 0 Å². The zero-order chi connectivity index (χ0) is 16.3. The SMILES string of the molecule is CC(Cc1ccc(C(C)(C)C)cc1)CN1CC(C)SC(C)C1. The van der Waals surface area contributed by atoms with Crippen LogP contribution in [0.4, 0.5) is 0 Å². The third kappa shape index (κ3) is 5.31. The standard InChI is InChI=1S/C20H33NS/c1-15(12-21-13-16(2)22-17(3)14-21)11-18-7-9-19(10-8-18)20(4,5)6/h7-10,15-17H,11-14H2,1-6H3. The number of nitrogens with zero attached hydrogens (tertiary/aromatic N) is 1. The van der Waals surface area contributed by atoms with E-state index in [9.17, 15) is 0 Å². The van der Waals surface area contributed by atoms with Crippen LogP contribution >= 0.6 is 11.8 Å². The maximum atomic E-state index is 2.67. The molecule has 0 spiro atoms. The molecule has 3 atom stereocenters. The summed E-state index contributed by atoms with van der Waals surface area (Å²) in [6, 6.07) is 9.27. The van der Waals surface area contributed by atoms with Gasteiger partial charge < -0.3 is 4.90 Å². The molecule has 0 saturated carbocycles. The van der Waals surface area contributed by atoms with E-state index in [0.29, 0.717) is 0 Å². The van der Waals surface area contributed by atoms with Crippen molar-refractivity contribution in [3.63, 3.8) is 0 Å². The van der Waals surface area contributed by atoms with Gasteiger partial charge in [-0.1, -0.05) is 65.8 Å². The van der Waals surface area contributed by atoms with E-state index >= 15 is 0 Å². The molecule has 1 fully saturated rings. The molecule has 1 saturated heterocycles. The van der Waals surface area contributed by atoms with E-state index < -0.39 is 0 Å². The van der Waals surface area contributed by atoms with Crippen LogP contribution in [-0.2, 0) is 11.8 Å². The van der Waals surface area contributed by atoms with Crippen LogP contribution in [0.15, 0.2) is 24.3 Å². The lowest BCUT2D eigenvalue weighted by Gasteiger charge is -2.36. The van der Waals surface area contributed by atoms with Gasteiger partial charge in [-0.05, 0) is 28.9 Å². The average Bonchev–Trinajstić information content (AvgIpc) is 2.36. The molecule has 0 radical (unpaired) electrons. The van der Waals surface area contributed by atoms with Crippen LogP contribution in [0.5, 0.6) is 0 Å².